The highest BCUT2D eigenvalue weighted by molar-refractivity contribution is 7.15. The van der Waals surface area contributed by atoms with Crippen LogP contribution in [0.1, 0.15) is 24.8 Å². The van der Waals surface area contributed by atoms with Crippen LogP contribution in [0, 0.1) is 11.3 Å². The summed E-state index contributed by atoms with van der Waals surface area (Å²) in [6.07, 6.45) is 4.01. The third-order valence-corrected chi connectivity index (χ3v) is 4.36. The van der Waals surface area contributed by atoms with E-state index in [0.717, 1.165) is 34.7 Å². The van der Waals surface area contributed by atoms with Crippen molar-refractivity contribution in [2.24, 2.45) is 0 Å². The quantitative estimate of drug-likeness (QED) is 0.916. The highest BCUT2D eigenvalue weighted by Gasteiger charge is 2.16. The van der Waals surface area contributed by atoms with Crippen LogP contribution in [0.15, 0.2) is 47.5 Å². The summed E-state index contributed by atoms with van der Waals surface area (Å²) in [5, 5.41) is 15.5. The molecular weight excluding hydrogens is 280 g/mol. The van der Waals surface area contributed by atoms with Gasteiger partial charge >= 0.3 is 0 Å². The van der Waals surface area contributed by atoms with Gasteiger partial charge in [0.1, 0.15) is 11.1 Å². The average molecular weight is 294 g/mol. The first kappa shape index (κ1) is 13.6. The highest BCUT2D eigenvalue weighted by Crippen LogP contribution is 2.36. The number of carbonyl (C=O) groups is 1. The van der Waals surface area contributed by atoms with Crippen LogP contribution < -0.4 is 5.32 Å². The summed E-state index contributed by atoms with van der Waals surface area (Å²) < 4.78 is 0. The lowest BCUT2D eigenvalue weighted by molar-refractivity contribution is -0.115. The largest absolute Gasteiger partial charge is 0.349 e. The van der Waals surface area contributed by atoms with Gasteiger partial charge in [-0.2, -0.15) is 5.26 Å². The Labute approximate surface area is 127 Å². The van der Waals surface area contributed by atoms with Crippen molar-refractivity contribution in [2.45, 2.75) is 19.3 Å². The number of carbonyl (C=O) groups excluding carboxylic acids is 1. The zero-order valence-corrected chi connectivity index (χ0v) is 12.2. The number of allylic oxidation sites excluding steroid dienone is 2. The second-order valence-electron chi connectivity index (χ2n) is 4.95. The van der Waals surface area contributed by atoms with E-state index in [1.54, 1.807) is 6.08 Å². The molecule has 0 spiro atoms. The first-order valence-corrected chi connectivity index (χ1v) is 7.73. The number of hydrogen-bond donors (Lipinski definition) is 1. The maximum absolute atomic E-state index is 11.5. The smallest absolute Gasteiger partial charge is 0.157 e. The minimum absolute atomic E-state index is 0.155. The van der Waals surface area contributed by atoms with Crippen molar-refractivity contribution in [3.63, 3.8) is 0 Å². The number of benzene rings is 1. The van der Waals surface area contributed by atoms with Crippen molar-refractivity contribution in [1.29, 1.82) is 5.26 Å². The Bertz CT molecular complexity index is 738. The molecule has 0 saturated heterocycles. The average Bonchev–Trinajstić information content (AvgIpc) is 2.91. The summed E-state index contributed by atoms with van der Waals surface area (Å²) in [6, 6.07) is 12.2. The van der Waals surface area contributed by atoms with Gasteiger partial charge in [0.05, 0.1) is 5.56 Å². The summed E-state index contributed by atoms with van der Waals surface area (Å²) in [5.74, 6) is 0.155. The Morgan fingerprint density at radius 2 is 2.00 bits per heavy atom. The van der Waals surface area contributed by atoms with Gasteiger partial charge in [-0.25, -0.2) is 0 Å². The Balaban J connectivity index is 1.93. The van der Waals surface area contributed by atoms with Crippen molar-refractivity contribution in [1.82, 2.24) is 0 Å². The third-order valence-electron chi connectivity index (χ3n) is 3.47. The number of nitrogens with one attached hydrogen (secondary N) is 1. The Hall–Kier alpha value is -2.38. The van der Waals surface area contributed by atoms with E-state index in [2.05, 4.69) is 11.4 Å². The Kier molecular flexibility index (Phi) is 3.85. The van der Waals surface area contributed by atoms with Crippen molar-refractivity contribution in [3.8, 4) is 17.2 Å². The van der Waals surface area contributed by atoms with Crippen LogP contribution in [0.3, 0.4) is 0 Å². The van der Waals surface area contributed by atoms with E-state index in [0.29, 0.717) is 12.0 Å². The first-order valence-electron chi connectivity index (χ1n) is 6.85. The van der Waals surface area contributed by atoms with Gasteiger partial charge in [0, 0.05) is 29.1 Å². The molecular formula is C17H14N2OS. The van der Waals surface area contributed by atoms with Crippen LogP contribution in [-0.2, 0) is 4.79 Å². The molecule has 1 aromatic carbocycles. The molecule has 1 aliphatic carbocycles. The molecule has 21 heavy (non-hydrogen) atoms. The lowest BCUT2D eigenvalue weighted by Crippen LogP contribution is -2.09. The fourth-order valence-electron chi connectivity index (χ4n) is 2.43. The van der Waals surface area contributed by atoms with Crippen molar-refractivity contribution >= 4 is 22.1 Å². The number of hydrogen-bond acceptors (Lipinski definition) is 4. The van der Waals surface area contributed by atoms with Gasteiger partial charge in [-0.15, -0.1) is 11.3 Å². The van der Waals surface area contributed by atoms with E-state index in [9.17, 15) is 10.1 Å². The molecule has 1 N–H and O–H groups in total. The van der Waals surface area contributed by atoms with Crippen molar-refractivity contribution in [2.75, 3.05) is 5.32 Å². The molecule has 1 heterocycles. The minimum atomic E-state index is 0.155. The molecule has 1 aliphatic rings. The second-order valence-corrected chi connectivity index (χ2v) is 5.83. The van der Waals surface area contributed by atoms with Crippen LogP contribution >= 0.6 is 11.3 Å². The number of thiophene rings is 1. The summed E-state index contributed by atoms with van der Waals surface area (Å²) in [4.78, 5) is 11.5. The lowest BCUT2D eigenvalue weighted by Gasteiger charge is -2.13. The van der Waals surface area contributed by atoms with Crippen molar-refractivity contribution < 1.29 is 4.79 Å². The summed E-state index contributed by atoms with van der Waals surface area (Å²) in [7, 11) is 0. The molecule has 1 aromatic heterocycles. The third kappa shape index (κ3) is 2.88. The zero-order chi connectivity index (χ0) is 14.7. The molecule has 0 aliphatic heterocycles. The van der Waals surface area contributed by atoms with Crippen LogP contribution in [0.25, 0.3) is 11.1 Å². The van der Waals surface area contributed by atoms with Crippen molar-refractivity contribution in [3.05, 3.63) is 53.0 Å². The van der Waals surface area contributed by atoms with Crippen LogP contribution in [-0.4, -0.2) is 5.78 Å². The van der Waals surface area contributed by atoms with Gasteiger partial charge in [0.15, 0.2) is 5.78 Å². The summed E-state index contributed by atoms with van der Waals surface area (Å²) in [6.45, 7) is 0. The van der Waals surface area contributed by atoms with E-state index < -0.39 is 0 Å². The van der Waals surface area contributed by atoms with Gasteiger partial charge in [0.2, 0.25) is 0 Å². The predicted octanol–water partition coefficient (Wildman–Crippen LogP) is 4.34. The molecule has 2 aromatic rings. The van der Waals surface area contributed by atoms with Gasteiger partial charge in [0.25, 0.3) is 0 Å². The molecule has 0 atom stereocenters. The lowest BCUT2D eigenvalue weighted by atomic mass is 10.0. The van der Waals surface area contributed by atoms with E-state index in [4.69, 9.17) is 0 Å². The number of ketones is 1. The van der Waals surface area contributed by atoms with Crippen LogP contribution in [0.4, 0.5) is 5.00 Å². The number of nitrogens with zero attached hydrogens (tertiary/aromatic N) is 1. The van der Waals surface area contributed by atoms with Gasteiger partial charge in [-0.3, -0.25) is 4.79 Å². The molecule has 0 radical (unpaired) electrons. The van der Waals surface area contributed by atoms with E-state index in [1.165, 1.54) is 11.3 Å². The predicted molar refractivity (Wildman–Crippen MR) is 85.0 cm³/mol. The summed E-state index contributed by atoms with van der Waals surface area (Å²) >= 11 is 1.50. The number of anilines is 1. The first-order chi connectivity index (χ1) is 10.3. The molecule has 3 rings (SSSR count). The maximum atomic E-state index is 11.5. The van der Waals surface area contributed by atoms with Gasteiger partial charge in [-0.1, -0.05) is 30.3 Å². The van der Waals surface area contributed by atoms with E-state index >= 15 is 0 Å². The standard InChI is InChI=1S/C17H14N2OS/c18-10-15-16(12-5-2-1-3-6-12)11-21-17(15)19-13-7-4-8-14(20)9-13/h1-3,5-6,9,11,19H,4,7-8H2. The normalized spacial score (nSPS) is 14.4. The summed E-state index contributed by atoms with van der Waals surface area (Å²) in [5.41, 5.74) is 3.52. The molecule has 4 heteroatoms. The molecule has 0 fully saturated rings. The zero-order valence-electron chi connectivity index (χ0n) is 11.4. The van der Waals surface area contributed by atoms with E-state index in [-0.39, 0.29) is 5.78 Å². The fourth-order valence-corrected chi connectivity index (χ4v) is 3.38. The number of rotatable bonds is 3. The van der Waals surface area contributed by atoms with E-state index in [1.807, 2.05) is 35.7 Å². The molecule has 3 nitrogen and oxygen atoms in total. The SMILES string of the molecule is N#Cc1c(-c2ccccc2)csc1NC1=CC(=O)CCC1. The molecule has 104 valence electrons. The highest BCUT2D eigenvalue weighted by atomic mass is 32.1. The minimum Gasteiger partial charge on any atom is -0.349 e. The monoisotopic (exact) mass is 294 g/mol. The fraction of sp³-hybridized carbons (Fsp3) is 0.176. The Morgan fingerprint density at radius 1 is 1.19 bits per heavy atom. The van der Waals surface area contributed by atoms with Gasteiger partial charge < -0.3 is 5.32 Å². The maximum Gasteiger partial charge on any atom is 0.157 e. The molecule has 0 unspecified atom stereocenters. The Morgan fingerprint density at radius 3 is 2.71 bits per heavy atom. The number of nitriles is 1. The van der Waals surface area contributed by atoms with Crippen LogP contribution in [0.5, 0.6) is 0 Å². The van der Waals surface area contributed by atoms with Crippen LogP contribution in [0.2, 0.25) is 0 Å². The topological polar surface area (TPSA) is 52.9 Å². The molecule has 0 bridgehead atoms. The second kappa shape index (κ2) is 5.94. The molecule has 0 amide bonds. The van der Waals surface area contributed by atoms with Gasteiger partial charge in [-0.05, 0) is 18.4 Å². The molecule has 0 saturated carbocycles.